The molecule has 0 unspecified atom stereocenters. The van der Waals surface area contributed by atoms with E-state index in [1.165, 1.54) is 4.90 Å². The van der Waals surface area contributed by atoms with Crippen LogP contribution in [0.25, 0.3) is 17.4 Å². The largest absolute Gasteiger partial charge is 0.491 e. The van der Waals surface area contributed by atoms with E-state index in [1.807, 2.05) is 44.2 Å². The van der Waals surface area contributed by atoms with Crippen LogP contribution in [0.1, 0.15) is 42.2 Å². The van der Waals surface area contributed by atoms with Gasteiger partial charge in [-0.1, -0.05) is 48.0 Å². The van der Waals surface area contributed by atoms with Crippen molar-refractivity contribution in [1.82, 2.24) is 4.90 Å². The first-order valence-corrected chi connectivity index (χ1v) is 12.7. The Morgan fingerprint density at radius 3 is 2.53 bits per heavy atom. The molecule has 0 spiro atoms. The number of ether oxygens (including phenoxy) is 1. The summed E-state index contributed by atoms with van der Waals surface area (Å²) in [5.74, 6) is 1.98. The molecule has 1 saturated heterocycles. The quantitative estimate of drug-likeness (QED) is 0.290. The van der Waals surface area contributed by atoms with Gasteiger partial charge in [0.05, 0.1) is 11.4 Å². The minimum absolute atomic E-state index is 0.188. The van der Waals surface area contributed by atoms with E-state index >= 15 is 0 Å². The molecule has 0 atom stereocenters. The van der Waals surface area contributed by atoms with Gasteiger partial charge in [-0.3, -0.25) is 14.5 Å². The highest BCUT2D eigenvalue weighted by Crippen LogP contribution is 2.35. The molecule has 2 amide bonds. The first kappa shape index (κ1) is 24.4. The van der Waals surface area contributed by atoms with E-state index in [1.54, 1.807) is 12.1 Å². The van der Waals surface area contributed by atoms with Crippen LogP contribution >= 0.6 is 27.7 Å². The molecule has 3 aromatic rings. The zero-order chi connectivity index (χ0) is 24.4. The van der Waals surface area contributed by atoms with E-state index in [9.17, 15) is 9.59 Å². The fourth-order valence-electron chi connectivity index (χ4n) is 3.71. The lowest BCUT2D eigenvalue weighted by atomic mass is 10.0. The van der Waals surface area contributed by atoms with Crippen molar-refractivity contribution >= 4 is 44.9 Å². The highest BCUT2D eigenvalue weighted by atomic mass is 79.9. The Balaban J connectivity index is 1.43. The van der Waals surface area contributed by atoms with Gasteiger partial charge in [-0.2, -0.15) is 0 Å². The van der Waals surface area contributed by atoms with E-state index in [-0.39, 0.29) is 24.3 Å². The average molecular weight is 540 g/mol. The van der Waals surface area contributed by atoms with Gasteiger partial charge in [-0.05, 0) is 78.5 Å². The number of nitrogens with zero attached hydrogens (tertiary/aromatic N) is 1. The molecule has 2 aromatic carbocycles. The second-order valence-corrected chi connectivity index (χ2v) is 10.4. The van der Waals surface area contributed by atoms with Gasteiger partial charge in [0.15, 0.2) is 0 Å². The second-order valence-electron chi connectivity index (χ2n) is 8.56. The molecule has 1 aromatic heterocycles. The summed E-state index contributed by atoms with van der Waals surface area (Å²) in [7, 11) is 0. The van der Waals surface area contributed by atoms with Crippen molar-refractivity contribution in [2.45, 2.75) is 33.6 Å². The molecule has 0 aliphatic carbocycles. The van der Waals surface area contributed by atoms with Crippen LogP contribution in [0.3, 0.4) is 0 Å². The number of hydrogen-bond donors (Lipinski definition) is 0. The number of halogens is 1. The number of benzene rings is 2. The molecular formula is C27H26BrNO4S. The van der Waals surface area contributed by atoms with Gasteiger partial charge < -0.3 is 9.15 Å². The predicted octanol–water partition coefficient (Wildman–Crippen LogP) is 7.56. The minimum atomic E-state index is -0.332. The van der Waals surface area contributed by atoms with Crippen LogP contribution in [0.2, 0.25) is 0 Å². The van der Waals surface area contributed by atoms with Gasteiger partial charge in [0, 0.05) is 16.1 Å². The molecule has 0 N–H and O–H groups in total. The summed E-state index contributed by atoms with van der Waals surface area (Å²) in [6, 6.07) is 15.8. The summed E-state index contributed by atoms with van der Waals surface area (Å²) in [5.41, 5.74) is 4.27. The predicted molar refractivity (Wildman–Crippen MR) is 140 cm³/mol. The fraction of sp³-hybridized carbons (Fsp3) is 0.259. The Bertz CT molecular complexity index is 1280. The first-order chi connectivity index (χ1) is 16.2. The molecule has 0 radical (unpaired) electrons. The zero-order valence-electron chi connectivity index (χ0n) is 19.6. The molecule has 1 aliphatic heterocycles. The molecule has 34 heavy (non-hydrogen) atoms. The van der Waals surface area contributed by atoms with Crippen LogP contribution in [0.4, 0.5) is 4.79 Å². The molecular weight excluding hydrogens is 514 g/mol. The number of carbonyl (C=O) groups excluding carboxylic acids is 2. The van der Waals surface area contributed by atoms with Crippen LogP contribution in [-0.2, 0) is 4.79 Å². The first-order valence-electron chi connectivity index (χ1n) is 11.1. The number of furan rings is 1. The molecule has 4 rings (SSSR count). The van der Waals surface area contributed by atoms with Crippen molar-refractivity contribution in [3.63, 3.8) is 0 Å². The molecule has 2 heterocycles. The number of imide groups is 1. The SMILES string of the molecule is Cc1ccc(-c2ccc(/C=C3\SC(=O)N(CCOc4cc(C)ccc4C(C)C)C3=O)o2)c(Br)c1. The maximum Gasteiger partial charge on any atom is 0.293 e. The van der Waals surface area contributed by atoms with Gasteiger partial charge in [0.25, 0.3) is 11.1 Å². The fourth-order valence-corrected chi connectivity index (χ4v) is 5.24. The Kier molecular flexibility index (Phi) is 7.33. The Hall–Kier alpha value is -2.77. The lowest BCUT2D eigenvalue weighted by Gasteiger charge is -2.17. The molecule has 0 saturated carbocycles. The highest BCUT2D eigenvalue weighted by molar-refractivity contribution is 9.10. The number of amides is 2. The van der Waals surface area contributed by atoms with Gasteiger partial charge in [0.1, 0.15) is 23.9 Å². The van der Waals surface area contributed by atoms with E-state index in [0.29, 0.717) is 22.3 Å². The lowest BCUT2D eigenvalue weighted by Crippen LogP contribution is -2.32. The van der Waals surface area contributed by atoms with E-state index < -0.39 is 0 Å². The third-order valence-electron chi connectivity index (χ3n) is 5.53. The van der Waals surface area contributed by atoms with Gasteiger partial charge in [0.2, 0.25) is 0 Å². The van der Waals surface area contributed by atoms with Crippen LogP contribution in [0.15, 0.2) is 62.3 Å². The van der Waals surface area contributed by atoms with Crippen molar-refractivity contribution in [3.05, 3.63) is 80.4 Å². The summed E-state index contributed by atoms with van der Waals surface area (Å²) in [4.78, 5) is 26.9. The normalized spacial score (nSPS) is 15.1. The van der Waals surface area contributed by atoms with Gasteiger partial charge in [-0.15, -0.1) is 0 Å². The molecule has 0 bridgehead atoms. The summed E-state index contributed by atoms with van der Waals surface area (Å²) in [5, 5.41) is -0.304. The van der Waals surface area contributed by atoms with Crippen LogP contribution in [0, 0.1) is 13.8 Å². The molecule has 1 fully saturated rings. The highest BCUT2D eigenvalue weighted by Gasteiger charge is 2.35. The third kappa shape index (κ3) is 5.31. The summed E-state index contributed by atoms with van der Waals surface area (Å²) >= 11 is 4.48. The van der Waals surface area contributed by atoms with Crippen LogP contribution in [0.5, 0.6) is 5.75 Å². The maximum atomic E-state index is 12.9. The van der Waals surface area contributed by atoms with Crippen molar-refractivity contribution in [1.29, 1.82) is 0 Å². The van der Waals surface area contributed by atoms with Crippen LogP contribution < -0.4 is 4.74 Å². The number of rotatable bonds is 7. The number of aryl methyl sites for hydroxylation is 2. The smallest absolute Gasteiger partial charge is 0.293 e. The number of hydrogen-bond acceptors (Lipinski definition) is 5. The Morgan fingerprint density at radius 1 is 1.06 bits per heavy atom. The summed E-state index contributed by atoms with van der Waals surface area (Å²) < 4.78 is 12.8. The second kappa shape index (κ2) is 10.2. The van der Waals surface area contributed by atoms with Crippen molar-refractivity contribution in [2.24, 2.45) is 0 Å². The molecule has 5 nitrogen and oxygen atoms in total. The minimum Gasteiger partial charge on any atom is -0.491 e. The summed E-state index contributed by atoms with van der Waals surface area (Å²) in [6.45, 7) is 8.67. The van der Waals surface area contributed by atoms with Gasteiger partial charge in [-0.25, -0.2) is 0 Å². The lowest BCUT2D eigenvalue weighted by molar-refractivity contribution is -0.123. The zero-order valence-corrected chi connectivity index (χ0v) is 22.0. The number of carbonyl (C=O) groups is 2. The van der Waals surface area contributed by atoms with Crippen molar-refractivity contribution in [2.75, 3.05) is 13.2 Å². The Morgan fingerprint density at radius 2 is 1.79 bits per heavy atom. The van der Waals surface area contributed by atoms with Crippen molar-refractivity contribution in [3.8, 4) is 17.1 Å². The van der Waals surface area contributed by atoms with E-state index in [2.05, 4.69) is 41.9 Å². The standard InChI is InChI=1S/C27H26BrNO4S/c1-16(2)20-8-5-18(4)14-24(20)32-12-11-29-26(30)25(34-27(29)31)15-19-7-10-23(33-19)21-9-6-17(3)13-22(21)28/h5-10,13-16H,11-12H2,1-4H3/b25-15-. The maximum absolute atomic E-state index is 12.9. The molecule has 176 valence electrons. The Labute approximate surface area is 212 Å². The molecule has 7 heteroatoms. The van der Waals surface area contributed by atoms with Crippen LogP contribution in [-0.4, -0.2) is 29.2 Å². The summed E-state index contributed by atoms with van der Waals surface area (Å²) in [6.07, 6.45) is 1.62. The van der Waals surface area contributed by atoms with E-state index in [0.717, 1.165) is 44.2 Å². The van der Waals surface area contributed by atoms with Crippen molar-refractivity contribution < 1.29 is 18.7 Å². The number of thioether (sulfide) groups is 1. The monoisotopic (exact) mass is 539 g/mol. The topological polar surface area (TPSA) is 59.8 Å². The molecule has 1 aliphatic rings. The third-order valence-corrected chi connectivity index (χ3v) is 7.09. The van der Waals surface area contributed by atoms with Gasteiger partial charge >= 0.3 is 0 Å². The average Bonchev–Trinajstić information content (AvgIpc) is 3.33. The van der Waals surface area contributed by atoms with E-state index in [4.69, 9.17) is 9.15 Å².